The van der Waals surface area contributed by atoms with Gasteiger partial charge >= 0.3 is 0 Å². The van der Waals surface area contributed by atoms with E-state index in [1.165, 1.54) is 12.3 Å². The van der Waals surface area contributed by atoms with Gasteiger partial charge < -0.3 is 19.2 Å². The lowest BCUT2D eigenvalue weighted by molar-refractivity contribution is 0.102. The number of piperazine rings is 1. The predicted molar refractivity (Wildman–Crippen MR) is 126 cm³/mol. The molecule has 0 unspecified atom stereocenters. The minimum absolute atomic E-state index is 0.168. The number of nitrogens with zero attached hydrogens (tertiary/aromatic N) is 3. The van der Waals surface area contributed by atoms with Crippen molar-refractivity contribution in [2.24, 2.45) is 0 Å². The number of ether oxygens (including phenoxy) is 2. The lowest BCUT2D eigenvalue weighted by Crippen LogP contribution is -2.45. The van der Waals surface area contributed by atoms with Crippen LogP contribution in [0.1, 0.15) is 27.5 Å². The van der Waals surface area contributed by atoms with Crippen molar-refractivity contribution in [2.75, 3.05) is 45.7 Å². The number of hydrogen-bond acceptors (Lipinski definition) is 7. The van der Waals surface area contributed by atoms with E-state index in [-0.39, 0.29) is 11.5 Å². The Hall–Kier alpha value is -3.43. The molecule has 9 heteroatoms. The summed E-state index contributed by atoms with van der Waals surface area (Å²) in [5.74, 6) is 1.27. The van der Waals surface area contributed by atoms with Crippen molar-refractivity contribution in [2.45, 2.75) is 20.0 Å². The second-order valence-corrected chi connectivity index (χ2v) is 8.27. The number of aryl methyl sites for hydroxylation is 1. The highest BCUT2D eigenvalue weighted by Crippen LogP contribution is 2.26. The van der Waals surface area contributed by atoms with Crippen LogP contribution in [0.2, 0.25) is 0 Å². The number of nitrogens with one attached hydrogen (secondary N) is 1. The zero-order valence-electron chi connectivity index (χ0n) is 19.6. The van der Waals surface area contributed by atoms with E-state index in [9.17, 15) is 9.18 Å². The molecule has 3 aromatic rings. The predicted octanol–water partition coefficient (Wildman–Crippen LogP) is 3.71. The molecule has 2 aromatic carbocycles. The van der Waals surface area contributed by atoms with Gasteiger partial charge in [0.05, 0.1) is 20.8 Å². The molecule has 1 amide bonds. The van der Waals surface area contributed by atoms with E-state index in [2.05, 4.69) is 20.1 Å². The molecule has 1 fully saturated rings. The maximum absolute atomic E-state index is 13.7. The van der Waals surface area contributed by atoms with Gasteiger partial charge in [-0.3, -0.25) is 14.6 Å². The number of hydrogen-bond donors (Lipinski definition) is 1. The molecular weight excluding hydrogens is 439 g/mol. The first-order valence-corrected chi connectivity index (χ1v) is 11.1. The molecule has 180 valence electrons. The quantitative estimate of drug-likeness (QED) is 0.540. The summed E-state index contributed by atoms with van der Waals surface area (Å²) in [4.78, 5) is 21.4. The molecule has 0 atom stereocenters. The van der Waals surface area contributed by atoms with Crippen molar-refractivity contribution in [3.05, 3.63) is 71.2 Å². The largest absolute Gasteiger partial charge is 0.497 e. The van der Waals surface area contributed by atoms with Gasteiger partial charge in [0.25, 0.3) is 5.91 Å². The fourth-order valence-corrected chi connectivity index (χ4v) is 3.87. The van der Waals surface area contributed by atoms with Crippen LogP contribution in [0, 0.1) is 12.7 Å². The number of aromatic nitrogens is 1. The average molecular weight is 469 g/mol. The van der Waals surface area contributed by atoms with E-state index >= 15 is 0 Å². The van der Waals surface area contributed by atoms with Crippen LogP contribution >= 0.6 is 0 Å². The topological polar surface area (TPSA) is 80.1 Å². The third-order valence-corrected chi connectivity index (χ3v) is 5.93. The van der Waals surface area contributed by atoms with Crippen molar-refractivity contribution >= 4 is 11.6 Å². The van der Waals surface area contributed by atoms with E-state index < -0.39 is 5.91 Å². The van der Waals surface area contributed by atoms with Crippen molar-refractivity contribution in [1.29, 1.82) is 0 Å². The second kappa shape index (κ2) is 10.7. The van der Waals surface area contributed by atoms with Crippen LogP contribution in [0.3, 0.4) is 0 Å². The number of halogens is 1. The van der Waals surface area contributed by atoms with E-state index in [0.717, 1.165) is 49.8 Å². The van der Waals surface area contributed by atoms with E-state index in [1.807, 2.05) is 18.2 Å². The first kappa shape index (κ1) is 23.7. The molecule has 1 saturated heterocycles. The maximum atomic E-state index is 13.7. The van der Waals surface area contributed by atoms with Gasteiger partial charge in [-0.05, 0) is 30.7 Å². The van der Waals surface area contributed by atoms with Crippen molar-refractivity contribution in [3.63, 3.8) is 0 Å². The summed E-state index contributed by atoms with van der Waals surface area (Å²) < 4.78 is 30.0. The third kappa shape index (κ3) is 5.73. The lowest BCUT2D eigenvalue weighted by atomic mass is 10.1. The molecule has 1 aromatic heterocycles. The molecular formula is C25H29FN4O4. The molecule has 0 spiro atoms. The number of carbonyl (C=O) groups is 1. The molecule has 1 aliphatic heterocycles. The van der Waals surface area contributed by atoms with Crippen LogP contribution < -0.4 is 14.8 Å². The van der Waals surface area contributed by atoms with Gasteiger partial charge in [0.15, 0.2) is 5.69 Å². The number of methoxy groups -OCH3 is 2. The molecule has 4 rings (SSSR count). The third-order valence-electron chi connectivity index (χ3n) is 5.93. The highest BCUT2D eigenvalue weighted by molar-refractivity contribution is 6.02. The van der Waals surface area contributed by atoms with Gasteiger partial charge in [-0.15, -0.1) is 0 Å². The van der Waals surface area contributed by atoms with Crippen LogP contribution in [0.15, 0.2) is 47.1 Å². The van der Waals surface area contributed by atoms with Gasteiger partial charge in [0, 0.05) is 50.0 Å². The Labute approximate surface area is 198 Å². The molecule has 1 aliphatic rings. The van der Waals surface area contributed by atoms with E-state index in [4.69, 9.17) is 13.9 Å². The van der Waals surface area contributed by atoms with E-state index in [1.54, 1.807) is 33.3 Å². The van der Waals surface area contributed by atoms with Gasteiger partial charge in [-0.25, -0.2) is 9.37 Å². The number of benzene rings is 2. The summed E-state index contributed by atoms with van der Waals surface area (Å²) in [6.45, 7) is 6.47. The Morgan fingerprint density at radius 1 is 1.06 bits per heavy atom. The fourth-order valence-electron chi connectivity index (χ4n) is 3.87. The van der Waals surface area contributed by atoms with Crippen molar-refractivity contribution in [3.8, 4) is 11.5 Å². The van der Waals surface area contributed by atoms with Gasteiger partial charge in [0.1, 0.15) is 23.6 Å². The van der Waals surface area contributed by atoms with E-state index in [0.29, 0.717) is 23.7 Å². The minimum atomic E-state index is -0.434. The lowest BCUT2D eigenvalue weighted by Gasteiger charge is -2.34. The zero-order chi connectivity index (χ0) is 24.1. The molecule has 0 aliphatic carbocycles. The summed E-state index contributed by atoms with van der Waals surface area (Å²) in [7, 11) is 3.31. The standard InChI is InChI=1S/C25H29FN4O4/c1-17-4-6-19(12-21(17)26)27-25(31)22-16-34-24(28-22)15-30-10-8-29(9-11-30)14-18-5-7-20(32-2)13-23(18)33-3/h4-7,12-13,16H,8-11,14-15H2,1-3H3,(H,27,31). The summed E-state index contributed by atoms with van der Waals surface area (Å²) in [6, 6.07) is 10.4. The number of carbonyl (C=O) groups excluding carboxylic acids is 1. The molecule has 1 N–H and O–H groups in total. The number of anilines is 1. The Morgan fingerprint density at radius 2 is 1.79 bits per heavy atom. The van der Waals surface area contributed by atoms with Gasteiger partial charge in [-0.1, -0.05) is 12.1 Å². The van der Waals surface area contributed by atoms with Gasteiger partial charge in [-0.2, -0.15) is 0 Å². The molecule has 2 heterocycles. The smallest absolute Gasteiger partial charge is 0.277 e. The zero-order valence-corrected chi connectivity index (χ0v) is 19.6. The first-order valence-electron chi connectivity index (χ1n) is 11.1. The minimum Gasteiger partial charge on any atom is -0.497 e. The molecule has 34 heavy (non-hydrogen) atoms. The summed E-state index contributed by atoms with van der Waals surface area (Å²) in [5.41, 5.74) is 2.18. The van der Waals surface area contributed by atoms with Crippen molar-refractivity contribution < 1.29 is 23.1 Å². The normalized spacial score (nSPS) is 14.7. The van der Waals surface area contributed by atoms with Crippen LogP contribution in [0.5, 0.6) is 11.5 Å². The van der Waals surface area contributed by atoms with Crippen LogP contribution in [-0.2, 0) is 13.1 Å². The molecule has 0 bridgehead atoms. The average Bonchev–Trinajstić information content (AvgIpc) is 3.31. The molecule has 0 radical (unpaired) electrons. The second-order valence-electron chi connectivity index (χ2n) is 8.27. The Balaban J connectivity index is 1.28. The highest BCUT2D eigenvalue weighted by atomic mass is 19.1. The monoisotopic (exact) mass is 468 g/mol. The maximum Gasteiger partial charge on any atom is 0.277 e. The van der Waals surface area contributed by atoms with Crippen LogP contribution in [0.25, 0.3) is 0 Å². The fraction of sp³-hybridized carbons (Fsp3) is 0.360. The summed E-state index contributed by atoms with van der Waals surface area (Å²) in [5, 5.41) is 2.65. The molecule has 0 saturated carbocycles. The Kier molecular flexibility index (Phi) is 7.44. The van der Waals surface area contributed by atoms with Crippen LogP contribution in [0.4, 0.5) is 10.1 Å². The number of oxazole rings is 1. The van der Waals surface area contributed by atoms with Gasteiger partial charge in [0.2, 0.25) is 5.89 Å². The molecule has 8 nitrogen and oxygen atoms in total. The number of rotatable bonds is 8. The van der Waals surface area contributed by atoms with Crippen molar-refractivity contribution in [1.82, 2.24) is 14.8 Å². The SMILES string of the molecule is COc1ccc(CN2CCN(Cc3nc(C(=O)Nc4ccc(C)c(F)c4)co3)CC2)c(OC)c1. The number of amides is 1. The summed E-state index contributed by atoms with van der Waals surface area (Å²) in [6.07, 6.45) is 1.33. The Bertz CT molecular complexity index is 1140. The summed E-state index contributed by atoms with van der Waals surface area (Å²) >= 11 is 0. The Morgan fingerprint density at radius 3 is 2.47 bits per heavy atom. The first-order chi connectivity index (χ1) is 16.4. The van der Waals surface area contributed by atoms with Crippen LogP contribution in [-0.4, -0.2) is 61.1 Å². The highest BCUT2D eigenvalue weighted by Gasteiger charge is 2.21.